The van der Waals surface area contributed by atoms with Gasteiger partial charge in [-0.25, -0.2) is 9.18 Å². The highest BCUT2D eigenvalue weighted by molar-refractivity contribution is 6.34. The van der Waals surface area contributed by atoms with Crippen LogP contribution in [0.4, 0.5) is 13.4 Å². The van der Waals surface area contributed by atoms with E-state index in [9.17, 15) is 28.5 Å². The maximum atomic E-state index is 15.3. The monoisotopic (exact) mass is 638 g/mol. The van der Waals surface area contributed by atoms with Gasteiger partial charge in [-0.15, -0.1) is 8.96 Å². The molecule has 0 radical (unpaired) electrons. The van der Waals surface area contributed by atoms with E-state index in [2.05, 4.69) is 10.2 Å². The Labute approximate surface area is 259 Å². The smallest absolute Gasteiger partial charge is 0.335 e. The van der Waals surface area contributed by atoms with Crippen LogP contribution in [0.2, 0.25) is 5.02 Å². The summed E-state index contributed by atoms with van der Waals surface area (Å²) in [6.07, 6.45) is 2.74. The average molecular weight is 639 g/mol. The number of carbonyl (C=O) groups is 3. The van der Waals surface area contributed by atoms with Crippen LogP contribution in [0.25, 0.3) is 11.3 Å². The Bertz CT molecular complexity index is 1920. The fourth-order valence-electron chi connectivity index (χ4n) is 6.63. The zero-order valence-corrected chi connectivity index (χ0v) is 24.7. The average Bonchev–Trinajstić information content (AvgIpc) is 3.42. The maximum Gasteiger partial charge on any atom is 0.335 e. The van der Waals surface area contributed by atoms with Crippen LogP contribution in [0.5, 0.6) is 0 Å². The first-order chi connectivity index (χ1) is 21.5. The molecule has 232 valence electrons. The van der Waals surface area contributed by atoms with E-state index in [-0.39, 0.29) is 64.6 Å². The van der Waals surface area contributed by atoms with Crippen LogP contribution in [0, 0.1) is 11.7 Å². The van der Waals surface area contributed by atoms with Crippen molar-refractivity contribution in [3.63, 3.8) is 0 Å². The minimum Gasteiger partial charge on any atom is -0.478 e. The second-order valence-electron chi connectivity index (χ2n) is 11.8. The maximum absolute atomic E-state index is 15.3. The highest BCUT2D eigenvalue weighted by Gasteiger charge is 2.54. The number of aryl methyl sites for hydroxylation is 1. The van der Waals surface area contributed by atoms with Crippen molar-refractivity contribution < 1.29 is 32.8 Å². The Morgan fingerprint density at radius 1 is 1.11 bits per heavy atom. The molecule has 3 aliphatic rings. The lowest BCUT2D eigenvalue weighted by Gasteiger charge is -2.27. The van der Waals surface area contributed by atoms with Crippen LogP contribution in [-0.4, -0.2) is 52.7 Å². The number of aromatic nitrogens is 4. The second kappa shape index (κ2) is 10.6. The molecule has 2 aromatic carbocycles. The summed E-state index contributed by atoms with van der Waals surface area (Å²) in [5.41, 5.74) is 0.860. The van der Waals surface area contributed by atoms with Crippen LogP contribution < -0.4 is 0 Å². The first kappa shape index (κ1) is 29.2. The Hall–Kier alpha value is -4.49. The van der Waals surface area contributed by atoms with Crippen molar-refractivity contribution in [1.29, 1.82) is 0 Å². The molecule has 0 spiro atoms. The third-order valence-corrected chi connectivity index (χ3v) is 9.54. The predicted molar refractivity (Wildman–Crippen MR) is 154 cm³/mol. The molecule has 1 N–H and O–H groups in total. The molecule has 45 heavy (non-hydrogen) atoms. The Balaban J connectivity index is 1.31. The van der Waals surface area contributed by atoms with Crippen molar-refractivity contribution in [2.75, 3.05) is 0 Å². The summed E-state index contributed by atoms with van der Waals surface area (Å²) in [6.45, 7) is 0.802. The molecule has 14 heteroatoms. The Kier molecular flexibility index (Phi) is 6.86. The molecule has 1 atom stereocenters. The molecule has 3 heterocycles. The van der Waals surface area contributed by atoms with Crippen molar-refractivity contribution >= 4 is 29.4 Å². The molecule has 1 fully saturated rings. The number of nitrogens with zero attached hydrogens (tertiary/aromatic N) is 6. The lowest BCUT2D eigenvalue weighted by atomic mass is 9.84. The Morgan fingerprint density at radius 3 is 2.56 bits per heavy atom. The van der Waals surface area contributed by atoms with Gasteiger partial charge >= 0.3 is 5.97 Å². The first-order valence-electron chi connectivity index (χ1n) is 14.4. The molecule has 0 saturated heterocycles. The van der Waals surface area contributed by atoms with Crippen molar-refractivity contribution in [2.45, 2.75) is 50.7 Å². The highest BCUT2D eigenvalue weighted by Crippen LogP contribution is 2.53. The van der Waals surface area contributed by atoms with Gasteiger partial charge in [-0.1, -0.05) is 23.7 Å². The van der Waals surface area contributed by atoms with Crippen molar-refractivity contribution in [3.05, 3.63) is 92.6 Å². The van der Waals surface area contributed by atoms with E-state index in [0.29, 0.717) is 30.8 Å². The van der Waals surface area contributed by atoms with E-state index in [0.717, 1.165) is 22.0 Å². The van der Waals surface area contributed by atoms with E-state index < -0.39 is 34.5 Å². The van der Waals surface area contributed by atoms with Crippen LogP contribution >= 0.6 is 11.6 Å². The first-order valence-corrected chi connectivity index (χ1v) is 14.8. The Morgan fingerprint density at radius 2 is 1.89 bits per heavy atom. The van der Waals surface area contributed by atoms with Crippen LogP contribution in [0.3, 0.4) is 0 Å². The topological polar surface area (TPSA) is 114 Å². The summed E-state index contributed by atoms with van der Waals surface area (Å²) in [7, 11) is 1.81. The van der Waals surface area contributed by atoms with Gasteiger partial charge < -0.3 is 10.0 Å². The van der Waals surface area contributed by atoms with Gasteiger partial charge in [0.2, 0.25) is 5.91 Å². The summed E-state index contributed by atoms with van der Waals surface area (Å²) in [4.78, 5) is 41.2. The van der Waals surface area contributed by atoms with Crippen molar-refractivity contribution in [2.24, 2.45) is 13.0 Å². The number of hydrogen-bond acceptors (Lipinski definition) is 6. The summed E-state index contributed by atoms with van der Waals surface area (Å²) in [5.74, 6) is -3.57. The summed E-state index contributed by atoms with van der Waals surface area (Å²) >= 11 is 6.49. The number of amides is 1. The van der Waals surface area contributed by atoms with E-state index in [1.54, 1.807) is 15.8 Å². The van der Waals surface area contributed by atoms with Gasteiger partial charge in [-0.05, 0) is 55.5 Å². The van der Waals surface area contributed by atoms with Gasteiger partial charge in [-0.3, -0.25) is 14.3 Å². The molecule has 1 saturated carbocycles. The van der Waals surface area contributed by atoms with Crippen molar-refractivity contribution in [1.82, 2.24) is 29.8 Å². The molecule has 10 nitrogen and oxygen atoms in total. The number of fused-ring (bicyclic) bond motifs is 2. The van der Waals surface area contributed by atoms with Gasteiger partial charge in [0.15, 0.2) is 0 Å². The van der Waals surface area contributed by atoms with Gasteiger partial charge in [0.1, 0.15) is 11.4 Å². The number of aromatic carboxylic acids is 1. The third-order valence-electron chi connectivity index (χ3n) is 9.22. The fraction of sp³-hybridized carbons (Fsp3) is 0.323. The quantitative estimate of drug-likeness (QED) is 0.290. The molecule has 2 aliphatic carbocycles. The second-order valence-corrected chi connectivity index (χ2v) is 12.2. The number of halogens is 4. The number of benzene rings is 2. The molecule has 1 amide bonds. The van der Waals surface area contributed by atoms with Gasteiger partial charge in [-0.2, -0.15) is 14.9 Å². The number of hydrogen-bond donors (Lipinski definition) is 1. The molecule has 7 rings (SSSR count). The summed E-state index contributed by atoms with van der Waals surface area (Å²) in [5, 5.41) is 17.1. The van der Waals surface area contributed by atoms with E-state index in [1.165, 1.54) is 30.3 Å². The van der Waals surface area contributed by atoms with E-state index >= 15 is 4.39 Å². The predicted octanol–water partition coefficient (Wildman–Crippen LogP) is 5.17. The normalized spacial score (nSPS) is 18.2. The SMILES string of the molecule is Cn1ncc2c1CN(C(=O)C1CCc3c(-c4ccc(C(=O)O)cc4F)nn(C(=O)c4c(Cl)cccc4C4(N(F)F)CC4)c3C1)C2. The fourth-order valence-corrected chi connectivity index (χ4v) is 6.89. The van der Waals surface area contributed by atoms with Crippen LogP contribution in [0.1, 0.15) is 68.1 Å². The largest absolute Gasteiger partial charge is 0.478 e. The standard InChI is InChI=1S/C31H26ClF3N6O4/c1-38-25-15-39(14-18(25)13-36-38)28(42)16-5-8-20-24(12-16)40(37-27(20)19-7-6-17(30(44)45)11-23(19)33)29(43)26-21(3-2-4-22(26)32)31(9-10-31)41(34)35/h2-4,6-7,11,13,16H,5,8-10,12,14-15H2,1H3,(H,44,45). The van der Waals surface area contributed by atoms with E-state index in [1.807, 2.05) is 7.05 Å². The molecular formula is C31H26ClF3N6O4. The number of rotatable bonds is 6. The molecule has 2 aromatic heterocycles. The van der Waals surface area contributed by atoms with Gasteiger partial charge in [0.05, 0.1) is 46.0 Å². The van der Waals surface area contributed by atoms with Crippen molar-refractivity contribution in [3.8, 4) is 11.3 Å². The summed E-state index contributed by atoms with van der Waals surface area (Å²) in [6, 6.07) is 7.77. The van der Waals surface area contributed by atoms with Gasteiger partial charge in [0.25, 0.3) is 5.91 Å². The zero-order chi connectivity index (χ0) is 31.8. The molecular weight excluding hydrogens is 613 g/mol. The number of carbonyl (C=O) groups excluding carboxylic acids is 2. The molecule has 0 bridgehead atoms. The van der Waals surface area contributed by atoms with Crippen LogP contribution in [0.15, 0.2) is 42.6 Å². The molecule has 4 aromatic rings. The number of carboxylic acid groups (broad SMARTS) is 1. The number of carboxylic acids is 1. The third kappa shape index (κ3) is 4.64. The lowest BCUT2D eigenvalue weighted by Crippen LogP contribution is -2.36. The van der Waals surface area contributed by atoms with Crippen LogP contribution in [-0.2, 0) is 43.3 Å². The molecule has 1 unspecified atom stereocenters. The minimum atomic E-state index is -1.66. The lowest BCUT2D eigenvalue weighted by molar-refractivity contribution is -0.202. The van der Waals surface area contributed by atoms with Gasteiger partial charge in [0, 0.05) is 48.0 Å². The molecule has 1 aliphatic heterocycles. The minimum absolute atomic E-state index is 0.0215. The summed E-state index contributed by atoms with van der Waals surface area (Å²) < 4.78 is 46.3. The van der Waals surface area contributed by atoms with E-state index in [4.69, 9.17) is 11.6 Å². The highest BCUT2D eigenvalue weighted by atomic mass is 35.5. The zero-order valence-electron chi connectivity index (χ0n) is 23.9.